The number of carbonyl (C=O) groups is 2. The number of nitrogens with one attached hydrogen (secondary N) is 1. The van der Waals surface area contributed by atoms with Gasteiger partial charge in [-0.3, -0.25) is 4.79 Å². The van der Waals surface area contributed by atoms with Crippen molar-refractivity contribution in [1.29, 1.82) is 0 Å². The largest absolute Gasteiger partial charge is 0.480 e. The molecule has 0 unspecified atom stereocenters. The van der Waals surface area contributed by atoms with Crippen LogP contribution in [0.2, 0.25) is 0 Å². The predicted molar refractivity (Wildman–Crippen MR) is 78.2 cm³/mol. The molecule has 1 aromatic carbocycles. The number of carbonyl (C=O) groups excluding carboxylic acids is 1. The number of nitrogens with two attached hydrogens (primary N) is 1. The Hall–Kier alpha value is -2.04. The van der Waals surface area contributed by atoms with Gasteiger partial charge in [0.25, 0.3) is 0 Å². The van der Waals surface area contributed by atoms with E-state index < -0.39 is 12.0 Å². The van der Waals surface area contributed by atoms with Gasteiger partial charge in [0.2, 0.25) is 5.91 Å². The lowest BCUT2D eigenvalue weighted by atomic mass is 9.99. The first-order chi connectivity index (χ1) is 9.43. The molecule has 5 nitrogen and oxygen atoms in total. The van der Waals surface area contributed by atoms with Gasteiger partial charge in [-0.2, -0.15) is 0 Å². The number of rotatable bonds is 7. The Kier molecular flexibility index (Phi) is 6.03. The molecule has 0 aliphatic heterocycles. The molecule has 0 saturated heterocycles. The molecule has 0 spiro atoms. The van der Waals surface area contributed by atoms with E-state index in [1.54, 1.807) is 6.07 Å². The molecule has 20 heavy (non-hydrogen) atoms. The van der Waals surface area contributed by atoms with E-state index in [1.807, 2.05) is 32.0 Å². The van der Waals surface area contributed by atoms with Crippen molar-refractivity contribution in [2.24, 2.45) is 5.92 Å². The molecule has 0 radical (unpaired) electrons. The van der Waals surface area contributed by atoms with Crippen LogP contribution in [0.5, 0.6) is 0 Å². The number of aryl methyl sites for hydroxylation is 1. The number of carboxylic acid groups (broad SMARTS) is 1. The minimum atomic E-state index is -0.989. The molecule has 0 bridgehead atoms. The second-order valence-corrected chi connectivity index (χ2v) is 5.01. The highest BCUT2D eigenvalue weighted by atomic mass is 16.4. The molecule has 1 rings (SSSR count). The van der Waals surface area contributed by atoms with E-state index >= 15 is 0 Å². The summed E-state index contributed by atoms with van der Waals surface area (Å²) in [5.74, 6) is -1.33. The standard InChI is InChI=1S/C15H22N2O3/c1-3-10(2)14(15(19)20)17-13(18)8-7-11-5-4-6-12(16)9-11/h4-6,9-10,14H,3,7-8,16H2,1-2H3,(H,17,18)(H,19,20)/t10-,14-/m0/s1. The third-order valence-electron chi connectivity index (χ3n) is 3.39. The van der Waals surface area contributed by atoms with Crippen LogP contribution in [0.4, 0.5) is 5.69 Å². The fourth-order valence-electron chi connectivity index (χ4n) is 1.94. The third kappa shape index (κ3) is 4.91. The average Bonchev–Trinajstić information content (AvgIpc) is 2.41. The van der Waals surface area contributed by atoms with Gasteiger partial charge < -0.3 is 16.2 Å². The summed E-state index contributed by atoms with van der Waals surface area (Å²) in [7, 11) is 0. The first kappa shape index (κ1) is 16.0. The Morgan fingerprint density at radius 3 is 2.65 bits per heavy atom. The molecule has 5 heteroatoms. The molecule has 1 amide bonds. The number of aliphatic carboxylic acids is 1. The Labute approximate surface area is 119 Å². The van der Waals surface area contributed by atoms with Crippen molar-refractivity contribution < 1.29 is 14.7 Å². The number of amides is 1. The van der Waals surface area contributed by atoms with Gasteiger partial charge in [-0.05, 0) is 30.0 Å². The zero-order valence-electron chi connectivity index (χ0n) is 11.9. The van der Waals surface area contributed by atoms with Crippen molar-refractivity contribution in [3.05, 3.63) is 29.8 Å². The summed E-state index contributed by atoms with van der Waals surface area (Å²) < 4.78 is 0. The number of hydrogen-bond acceptors (Lipinski definition) is 3. The monoisotopic (exact) mass is 278 g/mol. The van der Waals surface area contributed by atoms with Crippen LogP contribution in [0.25, 0.3) is 0 Å². The first-order valence-corrected chi connectivity index (χ1v) is 6.80. The Balaban J connectivity index is 2.52. The summed E-state index contributed by atoms with van der Waals surface area (Å²) in [6.07, 6.45) is 1.50. The van der Waals surface area contributed by atoms with E-state index in [0.717, 1.165) is 5.56 Å². The zero-order valence-corrected chi connectivity index (χ0v) is 11.9. The number of benzene rings is 1. The number of nitrogen functional groups attached to an aromatic ring is 1. The SMILES string of the molecule is CC[C@H](C)[C@H](NC(=O)CCc1cccc(N)c1)C(=O)O. The molecule has 110 valence electrons. The van der Waals surface area contributed by atoms with Gasteiger partial charge in [0.15, 0.2) is 0 Å². The van der Waals surface area contributed by atoms with E-state index in [9.17, 15) is 9.59 Å². The topological polar surface area (TPSA) is 92.4 Å². The molecule has 0 saturated carbocycles. The van der Waals surface area contributed by atoms with Crippen molar-refractivity contribution in [3.8, 4) is 0 Å². The van der Waals surface area contributed by atoms with Gasteiger partial charge in [0.1, 0.15) is 6.04 Å². The summed E-state index contributed by atoms with van der Waals surface area (Å²) >= 11 is 0. The van der Waals surface area contributed by atoms with Crippen molar-refractivity contribution in [1.82, 2.24) is 5.32 Å². The smallest absolute Gasteiger partial charge is 0.326 e. The summed E-state index contributed by atoms with van der Waals surface area (Å²) in [6, 6.07) is 6.51. The Morgan fingerprint density at radius 2 is 2.10 bits per heavy atom. The van der Waals surface area contributed by atoms with E-state index in [0.29, 0.717) is 18.5 Å². The lowest BCUT2D eigenvalue weighted by Crippen LogP contribution is -2.45. The predicted octanol–water partition coefficient (Wildman–Crippen LogP) is 1.82. The quantitative estimate of drug-likeness (QED) is 0.663. The summed E-state index contributed by atoms with van der Waals surface area (Å²) in [5.41, 5.74) is 7.29. The van der Waals surface area contributed by atoms with Crippen LogP contribution in [0.15, 0.2) is 24.3 Å². The highest BCUT2D eigenvalue weighted by Crippen LogP contribution is 2.10. The molecule has 0 aromatic heterocycles. The summed E-state index contributed by atoms with van der Waals surface area (Å²) in [4.78, 5) is 23.0. The number of carboxylic acids is 1. The highest BCUT2D eigenvalue weighted by molar-refractivity contribution is 5.83. The molecule has 0 aliphatic carbocycles. The van der Waals surface area contributed by atoms with Gasteiger partial charge in [-0.1, -0.05) is 32.4 Å². The number of hydrogen-bond donors (Lipinski definition) is 3. The lowest BCUT2D eigenvalue weighted by molar-refractivity contribution is -0.143. The van der Waals surface area contributed by atoms with E-state index in [1.165, 1.54) is 0 Å². The van der Waals surface area contributed by atoms with Gasteiger partial charge in [0, 0.05) is 12.1 Å². The Bertz CT molecular complexity index is 474. The molecular weight excluding hydrogens is 256 g/mol. The summed E-state index contributed by atoms with van der Waals surface area (Å²) in [6.45, 7) is 3.72. The van der Waals surface area contributed by atoms with Crippen molar-refractivity contribution in [2.75, 3.05) is 5.73 Å². The molecule has 1 aromatic rings. The number of anilines is 1. The van der Waals surface area contributed by atoms with Gasteiger partial charge in [-0.15, -0.1) is 0 Å². The van der Waals surface area contributed by atoms with Gasteiger partial charge in [-0.25, -0.2) is 4.79 Å². The van der Waals surface area contributed by atoms with Crippen LogP contribution in [-0.2, 0) is 16.0 Å². The molecule has 0 heterocycles. The average molecular weight is 278 g/mol. The van der Waals surface area contributed by atoms with Crippen LogP contribution in [0.3, 0.4) is 0 Å². The lowest BCUT2D eigenvalue weighted by Gasteiger charge is -2.20. The summed E-state index contributed by atoms with van der Waals surface area (Å²) in [5, 5.41) is 11.7. The van der Waals surface area contributed by atoms with E-state index in [4.69, 9.17) is 10.8 Å². The maximum absolute atomic E-state index is 11.8. The zero-order chi connectivity index (χ0) is 15.1. The second-order valence-electron chi connectivity index (χ2n) is 5.01. The van der Waals surface area contributed by atoms with Crippen molar-refractivity contribution in [3.63, 3.8) is 0 Å². The second kappa shape index (κ2) is 7.53. The normalized spacial score (nSPS) is 13.5. The van der Waals surface area contributed by atoms with Gasteiger partial charge in [0.05, 0.1) is 0 Å². The molecule has 0 aliphatic rings. The molecule has 0 fully saturated rings. The minimum Gasteiger partial charge on any atom is -0.480 e. The third-order valence-corrected chi connectivity index (χ3v) is 3.39. The fourth-order valence-corrected chi connectivity index (χ4v) is 1.94. The fraction of sp³-hybridized carbons (Fsp3) is 0.467. The van der Waals surface area contributed by atoms with E-state index in [2.05, 4.69) is 5.32 Å². The minimum absolute atomic E-state index is 0.0937. The van der Waals surface area contributed by atoms with Crippen LogP contribution in [-0.4, -0.2) is 23.0 Å². The van der Waals surface area contributed by atoms with Crippen LogP contribution >= 0.6 is 0 Å². The van der Waals surface area contributed by atoms with Crippen LogP contribution < -0.4 is 11.1 Å². The maximum Gasteiger partial charge on any atom is 0.326 e. The van der Waals surface area contributed by atoms with Crippen LogP contribution in [0, 0.1) is 5.92 Å². The van der Waals surface area contributed by atoms with Crippen molar-refractivity contribution in [2.45, 2.75) is 39.2 Å². The maximum atomic E-state index is 11.8. The molecule has 2 atom stereocenters. The van der Waals surface area contributed by atoms with Crippen molar-refractivity contribution >= 4 is 17.6 Å². The Morgan fingerprint density at radius 1 is 1.40 bits per heavy atom. The van der Waals surface area contributed by atoms with Crippen LogP contribution in [0.1, 0.15) is 32.3 Å². The molecule has 4 N–H and O–H groups in total. The van der Waals surface area contributed by atoms with Gasteiger partial charge >= 0.3 is 5.97 Å². The van der Waals surface area contributed by atoms with E-state index in [-0.39, 0.29) is 18.2 Å². The first-order valence-electron chi connectivity index (χ1n) is 6.80. The molecular formula is C15H22N2O3. The highest BCUT2D eigenvalue weighted by Gasteiger charge is 2.24.